The minimum Gasteiger partial charge on any atom is -0.505 e. The van der Waals surface area contributed by atoms with E-state index in [-0.39, 0.29) is 49.6 Å². The standard InChI is InChI=1S/C38H47ClN10O9S/c1-22-5-4-6-25(39)33(22)47-37(54)28-20-43-38(59-28)46-29-19-30(45-24(3)44-29)49-12-10-48(11-13-49)14-16-57-23(2)36(53)42-9-15-55-17-18-56-21-31(50)58-27-8-7-26(40)34(51)32(27)35(41)52/h4-8,19-20,23,51H,9-18,21,40H2,1-3H3,(H2,41,52)(H,42,53)(H,47,54)(H,43,44,45,46). The molecule has 1 aliphatic heterocycles. The van der Waals surface area contributed by atoms with Crippen LogP contribution in [0.25, 0.3) is 0 Å². The third kappa shape index (κ3) is 12.9. The fourth-order valence-corrected chi connectivity index (χ4v) is 6.74. The Labute approximate surface area is 349 Å². The number of nitrogen functional groups attached to an aromatic ring is 1. The van der Waals surface area contributed by atoms with Gasteiger partial charge >= 0.3 is 5.97 Å². The fraction of sp³-hybridized carbons (Fsp3) is 0.395. The van der Waals surface area contributed by atoms with Gasteiger partial charge in [0, 0.05) is 45.3 Å². The van der Waals surface area contributed by atoms with Crippen LogP contribution in [0.2, 0.25) is 5.02 Å². The largest absolute Gasteiger partial charge is 0.505 e. The van der Waals surface area contributed by atoms with Crippen LogP contribution in [0.15, 0.2) is 42.6 Å². The summed E-state index contributed by atoms with van der Waals surface area (Å²) in [7, 11) is 0. The summed E-state index contributed by atoms with van der Waals surface area (Å²) in [4.78, 5) is 67.5. The second-order valence-electron chi connectivity index (χ2n) is 13.2. The number of para-hydroxylation sites is 1. The Bertz CT molecular complexity index is 2100. The zero-order valence-corrected chi connectivity index (χ0v) is 34.4. The van der Waals surface area contributed by atoms with Gasteiger partial charge in [0.05, 0.1) is 49.0 Å². The Morgan fingerprint density at radius 2 is 1.78 bits per heavy atom. The Hall–Kier alpha value is -5.64. The number of ether oxygens (including phenoxy) is 4. The minimum atomic E-state index is -1.01. The summed E-state index contributed by atoms with van der Waals surface area (Å²) in [5.74, 6) is -1.27. The van der Waals surface area contributed by atoms with E-state index in [1.54, 1.807) is 13.0 Å². The molecule has 3 heterocycles. The highest BCUT2D eigenvalue weighted by Gasteiger charge is 2.22. The van der Waals surface area contributed by atoms with Crippen LogP contribution in [0.5, 0.6) is 11.5 Å². The highest BCUT2D eigenvalue weighted by Crippen LogP contribution is 2.33. The molecule has 4 aromatic rings. The molecule has 1 saturated heterocycles. The molecule has 3 amide bonds. The molecule has 8 N–H and O–H groups in total. The van der Waals surface area contributed by atoms with Crippen molar-refractivity contribution in [3.63, 3.8) is 0 Å². The molecular formula is C38H47ClN10O9S. The van der Waals surface area contributed by atoms with Gasteiger partial charge in [-0.3, -0.25) is 19.3 Å². The first-order chi connectivity index (χ1) is 28.3. The summed E-state index contributed by atoms with van der Waals surface area (Å²) < 4.78 is 21.5. The van der Waals surface area contributed by atoms with Crippen LogP contribution in [-0.4, -0.2) is 127 Å². The number of nitrogens with zero attached hydrogens (tertiary/aromatic N) is 5. The van der Waals surface area contributed by atoms with Crippen molar-refractivity contribution in [3.05, 3.63) is 69.4 Å². The first-order valence-corrected chi connectivity index (χ1v) is 19.8. The maximum Gasteiger partial charge on any atom is 0.337 e. The molecule has 0 saturated carbocycles. The van der Waals surface area contributed by atoms with Crippen LogP contribution in [-0.2, 0) is 23.8 Å². The number of carbonyl (C=O) groups is 4. The first kappa shape index (κ1) is 44.5. The third-order valence-corrected chi connectivity index (χ3v) is 10.1. The Kier molecular flexibility index (Phi) is 16.1. The van der Waals surface area contributed by atoms with Crippen molar-refractivity contribution in [2.24, 2.45) is 5.73 Å². The van der Waals surface area contributed by atoms with E-state index in [0.29, 0.717) is 45.5 Å². The van der Waals surface area contributed by atoms with Gasteiger partial charge < -0.3 is 56.4 Å². The Balaban J connectivity index is 0.931. The third-order valence-electron chi connectivity index (χ3n) is 8.87. The van der Waals surface area contributed by atoms with Gasteiger partial charge in [-0.1, -0.05) is 35.1 Å². The summed E-state index contributed by atoms with van der Waals surface area (Å²) in [6.45, 7) is 9.65. The van der Waals surface area contributed by atoms with Gasteiger partial charge in [-0.25, -0.2) is 19.7 Å². The highest BCUT2D eigenvalue weighted by atomic mass is 35.5. The molecule has 59 heavy (non-hydrogen) atoms. The van der Waals surface area contributed by atoms with Crippen LogP contribution in [0.1, 0.15) is 38.3 Å². The number of esters is 1. The van der Waals surface area contributed by atoms with E-state index in [9.17, 15) is 24.3 Å². The van der Waals surface area contributed by atoms with Gasteiger partial charge in [0.15, 0.2) is 10.9 Å². The summed E-state index contributed by atoms with van der Waals surface area (Å²) >= 11 is 7.48. The molecule has 0 bridgehead atoms. The van der Waals surface area contributed by atoms with Gasteiger partial charge in [0.1, 0.15) is 46.4 Å². The molecule has 5 rings (SSSR count). The SMILES string of the molecule is Cc1nc(Nc2ncc(C(=O)Nc3c(C)cccc3Cl)s2)cc(N2CCN(CCOC(C)C(=O)NCCOCCOCC(=O)Oc3ccc(N)c(O)c3C(N)=O)CC2)n1. The van der Waals surface area contributed by atoms with Crippen molar-refractivity contribution in [1.29, 1.82) is 0 Å². The number of rotatable bonds is 20. The van der Waals surface area contributed by atoms with E-state index in [2.05, 4.69) is 40.7 Å². The van der Waals surface area contributed by atoms with E-state index in [1.165, 1.54) is 29.7 Å². The molecule has 0 radical (unpaired) electrons. The molecule has 1 aliphatic rings. The Morgan fingerprint density at radius 3 is 2.53 bits per heavy atom. The van der Waals surface area contributed by atoms with Crippen molar-refractivity contribution in [2.45, 2.75) is 26.9 Å². The summed E-state index contributed by atoms with van der Waals surface area (Å²) in [6.07, 6.45) is 0.849. The van der Waals surface area contributed by atoms with E-state index >= 15 is 0 Å². The van der Waals surface area contributed by atoms with Crippen molar-refractivity contribution < 1.29 is 43.2 Å². The predicted molar refractivity (Wildman–Crippen MR) is 222 cm³/mol. The number of benzene rings is 2. The number of thiazole rings is 1. The minimum absolute atomic E-state index is 0.0622. The monoisotopic (exact) mass is 854 g/mol. The normalized spacial score (nSPS) is 13.5. The Morgan fingerprint density at radius 1 is 1.02 bits per heavy atom. The van der Waals surface area contributed by atoms with Gasteiger partial charge in [-0.15, -0.1) is 0 Å². The maximum absolute atomic E-state index is 12.9. The number of piperazine rings is 1. The lowest BCUT2D eigenvalue weighted by Gasteiger charge is -2.35. The van der Waals surface area contributed by atoms with Crippen molar-refractivity contribution in [2.75, 3.05) is 93.6 Å². The number of carbonyl (C=O) groups excluding carboxylic acids is 4. The molecule has 0 aliphatic carbocycles. The second-order valence-corrected chi connectivity index (χ2v) is 14.6. The van der Waals surface area contributed by atoms with Crippen LogP contribution < -0.4 is 37.1 Å². The number of hydrogen-bond acceptors (Lipinski definition) is 17. The zero-order valence-electron chi connectivity index (χ0n) is 32.8. The summed E-state index contributed by atoms with van der Waals surface area (Å²) in [5, 5.41) is 19.7. The number of anilines is 5. The van der Waals surface area contributed by atoms with Crippen LogP contribution in [0.3, 0.4) is 0 Å². The number of aromatic nitrogens is 3. The number of primary amides is 1. The lowest BCUT2D eigenvalue weighted by Crippen LogP contribution is -2.48. The molecular weight excluding hydrogens is 808 g/mol. The quantitative estimate of drug-likeness (QED) is 0.0246. The number of phenols is 1. The molecule has 21 heteroatoms. The summed E-state index contributed by atoms with van der Waals surface area (Å²) in [6, 6.07) is 9.80. The molecule has 1 fully saturated rings. The smallest absolute Gasteiger partial charge is 0.337 e. The van der Waals surface area contributed by atoms with Gasteiger partial charge in [-0.2, -0.15) is 0 Å². The molecule has 2 aromatic heterocycles. The number of aryl methyl sites for hydroxylation is 2. The maximum atomic E-state index is 12.9. The number of nitrogens with two attached hydrogens (primary N) is 2. The molecule has 19 nitrogen and oxygen atoms in total. The van der Waals surface area contributed by atoms with E-state index in [0.717, 1.165) is 37.6 Å². The average molecular weight is 855 g/mol. The van der Waals surface area contributed by atoms with Crippen molar-refractivity contribution in [3.8, 4) is 11.5 Å². The van der Waals surface area contributed by atoms with E-state index < -0.39 is 35.9 Å². The average Bonchev–Trinajstić information content (AvgIpc) is 3.67. The molecule has 2 aromatic carbocycles. The number of halogens is 1. The lowest BCUT2D eigenvalue weighted by atomic mass is 10.1. The first-order valence-electron chi connectivity index (χ1n) is 18.6. The molecule has 1 atom stereocenters. The number of nitrogens with one attached hydrogen (secondary N) is 3. The van der Waals surface area contributed by atoms with Crippen LogP contribution in [0, 0.1) is 13.8 Å². The van der Waals surface area contributed by atoms with Crippen molar-refractivity contribution >= 4 is 74.8 Å². The number of aromatic hydroxyl groups is 1. The van der Waals surface area contributed by atoms with Crippen molar-refractivity contribution in [1.82, 2.24) is 25.2 Å². The predicted octanol–water partition coefficient (Wildman–Crippen LogP) is 2.87. The summed E-state index contributed by atoms with van der Waals surface area (Å²) in [5.41, 5.74) is 11.7. The number of amides is 3. The lowest BCUT2D eigenvalue weighted by molar-refractivity contribution is -0.140. The topological polar surface area (TPSA) is 259 Å². The zero-order chi connectivity index (χ0) is 42.5. The molecule has 0 spiro atoms. The number of hydrogen-bond donors (Lipinski definition) is 6. The molecule has 316 valence electrons. The van der Waals surface area contributed by atoms with E-state index in [1.807, 2.05) is 32.0 Å². The fourth-order valence-electron chi connectivity index (χ4n) is 5.75. The highest BCUT2D eigenvalue weighted by molar-refractivity contribution is 7.17. The van der Waals surface area contributed by atoms with Gasteiger partial charge in [0.2, 0.25) is 5.91 Å². The second kappa shape index (κ2) is 21.4. The molecule has 1 unspecified atom stereocenters. The van der Waals surface area contributed by atoms with Crippen LogP contribution >= 0.6 is 22.9 Å². The van der Waals surface area contributed by atoms with Gasteiger partial charge in [0.25, 0.3) is 11.8 Å². The van der Waals surface area contributed by atoms with Gasteiger partial charge in [-0.05, 0) is 44.5 Å². The van der Waals surface area contributed by atoms with E-state index in [4.69, 9.17) is 42.0 Å². The van der Waals surface area contributed by atoms with Crippen LogP contribution in [0.4, 0.5) is 28.1 Å².